The first kappa shape index (κ1) is 15.0. The van der Waals surface area contributed by atoms with Crippen LogP contribution in [0.15, 0.2) is 48.5 Å². The number of rotatable bonds is 4. The smallest absolute Gasteiger partial charge is 0.0462 e. The highest BCUT2D eigenvalue weighted by Crippen LogP contribution is 2.28. The van der Waals surface area contributed by atoms with Gasteiger partial charge in [-0.15, -0.1) is 0 Å². The molecule has 0 bridgehead atoms. The maximum atomic E-state index is 3.83. The van der Waals surface area contributed by atoms with Gasteiger partial charge in [0.1, 0.15) is 0 Å². The van der Waals surface area contributed by atoms with Crippen LogP contribution in [-0.4, -0.2) is 12.1 Å². The van der Waals surface area contributed by atoms with Crippen molar-refractivity contribution in [3.8, 4) is 0 Å². The molecule has 2 aromatic rings. The second-order valence-electron chi connectivity index (χ2n) is 6.42. The van der Waals surface area contributed by atoms with E-state index in [2.05, 4.69) is 73.0 Å². The van der Waals surface area contributed by atoms with Gasteiger partial charge in [0.15, 0.2) is 0 Å². The Hall–Kier alpha value is -1.96. The van der Waals surface area contributed by atoms with Gasteiger partial charge in [0.05, 0.1) is 0 Å². The van der Waals surface area contributed by atoms with Crippen LogP contribution >= 0.6 is 0 Å². The van der Waals surface area contributed by atoms with Crippen molar-refractivity contribution in [1.29, 1.82) is 0 Å². The summed E-state index contributed by atoms with van der Waals surface area (Å²) >= 11 is 0. The molecule has 2 atom stereocenters. The largest absolute Gasteiger partial charge is 0.380 e. The fourth-order valence-electron chi connectivity index (χ4n) is 3.45. The molecule has 1 saturated carbocycles. The molecule has 0 heterocycles. The molecule has 0 unspecified atom stereocenters. The monoisotopic (exact) mass is 294 g/mol. The Balaban J connectivity index is 1.75. The van der Waals surface area contributed by atoms with E-state index in [0.717, 1.165) is 0 Å². The third-order valence-electron chi connectivity index (χ3n) is 4.70. The van der Waals surface area contributed by atoms with E-state index in [-0.39, 0.29) is 0 Å². The highest BCUT2D eigenvalue weighted by atomic mass is 15.0. The summed E-state index contributed by atoms with van der Waals surface area (Å²) in [5, 5.41) is 7.55. The quantitative estimate of drug-likeness (QED) is 0.816. The van der Waals surface area contributed by atoms with E-state index < -0.39 is 0 Å². The SMILES string of the molecule is Cc1cccc(C)c1N[C@@H]1CCCC[C@H]1Nc1ccccc1. The molecule has 1 aliphatic rings. The number of aryl methyl sites for hydroxylation is 2. The Morgan fingerprint density at radius 1 is 0.727 bits per heavy atom. The number of nitrogens with one attached hydrogen (secondary N) is 2. The molecule has 0 radical (unpaired) electrons. The number of benzene rings is 2. The molecule has 2 nitrogen and oxygen atoms in total. The van der Waals surface area contributed by atoms with Gasteiger partial charge < -0.3 is 10.6 Å². The van der Waals surface area contributed by atoms with Crippen molar-refractivity contribution >= 4 is 11.4 Å². The first-order valence-corrected chi connectivity index (χ1v) is 8.38. The molecule has 0 aromatic heterocycles. The van der Waals surface area contributed by atoms with Crippen molar-refractivity contribution in [2.45, 2.75) is 51.6 Å². The molecule has 2 heteroatoms. The Morgan fingerprint density at radius 2 is 1.32 bits per heavy atom. The zero-order valence-electron chi connectivity index (χ0n) is 13.6. The molecular weight excluding hydrogens is 268 g/mol. The summed E-state index contributed by atoms with van der Waals surface area (Å²) in [4.78, 5) is 0. The lowest BCUT2D eigenvalue weighted by molar-refractivity contribution is 0.423. The van der Waals surface area contributed by atoms with Crippen molar-refractivity contribution in [3.63, 3.8) is 0 Å². The molecule has 22 heavy (non-hydrogen) atoms. The third-order valence-corrected chi connectivity index (χ3v) is 4.70. The summed E-state index contributed by atoms with van der Waals surface area (Å²) < 4.78 is 0. The Labute approximate surface area is 134 Å². The molecule has 2 aromatic carbocycles. The van der Waals surface area contributed by atoms with Gasteiger partial charge in [0.2, 0.25) is 0 Å². The van der Waals surface area contributed by atoms with Crippen LogP contribution in [0, 0.1) is 13.8 Å². The first-order chi connectivity index (χ1) is 10.7. The van der Waals surface area contributed by atoms with E-state index in [1.54, 1.807) is 0 Å². The summed E-state index contributed by atoms with van der Waals surface area (Å²) in [7, 11) is 0. The summed E-state index contributed by atoms with van der Waals surface area (Å²) in [6.45, 7) is 4.38. The van der Waals surface area contributed by atoms with Crippen molar-refractivity contribution in [2.24, 2.45) is 0 Å². The minimum atomic E-state index is 0.494. The van der Waals surface area contributed by atoms with Crippen LogP contribution < -0.4 is 10.6 Å². The molecule has 1 fully saturated rings. The Morgan fingerprint density at radius 3 is 1.95 bits per heavy atom. The van der Waals surface area contributed by atoms with Crippen molar-refractivity contribution in [3.05, 3.63) is 59.7 Å². The van der Waals surface area contributed by atoms with E-state index in [1.807, 2.05) is 0 Å². The number of anilines is 2. The van der Waals surface area contributed by atoms with E-state index >= 15 is 0 Å². The lowest BCUT2D eigenvalue weighted by atomic mass is 9.89. The second kappa shape index (κ2) is 6.87. The average molecular weight is 294 g/mol. The van der Waals surface area contributed by atoms with Crippen LogP contribution in [0.2, 0.25) is 0 Å². The molecule has 0 saturated heterocycles. The molecule has 0 aliphatic heterocycles. The number of hydrogen-bond acceptors (Lipinski definition) is 2. The summed E-state index contributed by atoms with van der Waals surface area (Å²) in [5.74, 6) is 0. The predicted molar refractivity (Wildman–Crippen MR) is 95.6 cm³/mol. The van der Waals surface area contributed by atoms with E-state index in [9.17, 15) is 0 Å². The van der Waals surface area contributed by atoms with Gasteiger partial charge in [-0.1, -0.05) is 49.2 Å². The normalized spacial score (nSPS) is 21.4. The van der Waals surface area contributed by atoms with Crippen LogP contribution in [0.1, 0.15) is 36.8 Å². The zero-order valence-corrected chi connectivity index (χ0v) is 13.6. The van der Waals surface area contributed by atoms with Crippen LogP contribution in [0.3, 0.4) is 0 Å². The van der Waals surface area contributed by atoms with Gasteiger partial charge in [0.25, 0.3) is 0 Å². The second-order valence-corrected chi connectivity index (χ2v) is 6.42. The zero-order chi connectivity index (χ0) is 15.4. The van der Waals surface area contributed by atoms with E-state index in [4.69, 9.17) is 0 Å². The van der Waals surface area contributed by atoms with E-state index in [0.29, 0.717) is 12.1 Å². The molecular formula is C20H26N2. The molecule has 0 amide bonds. The fourth-order valence-corrected chi connectivity index (χ4v) is 3.45. The topological polar surface area (TPSA) is 24.1 Å². The predicted octanol–water partition coefficient (Wildman–Crippen LogP) is 5.14. The Bertz CT molecular complexity index is 586. The summed E-state index contributed by atoms with van der Waals surface area (Å²) in [6, 6.07) is 18.1. The fraction of sp³-hybridized carbons (Fsp3) is 0.400. The Kier molecular flexibility index (Phi) is 4.67. The van der Waals surface area contributed by atoms with Crippen LogP contribution in [-0.2, 0) is 0 Å². The molecule has 1 aliphatic carbocycles. The third kappa shape index (κ3) is 3.44. The lowest BCUT2D eigenvalue weighted by Crippen LogP contribution is -2.42. The lowest BCUT2D eigenvalue weighted by Gasteiger charge is -2.35. The highest BCUT2D eigenvalue weighted by molar-refractivity contribution is 5.58. The van der Waals surface area contributed by atoms with E-state index in [1.165, 1.54) is 48.2 Å². The summed E-state index contributed by atoms with van der Waals surface area (Å²) in [5.41, 5.74) is 5.21. The average Bonchev–Trinajstić information content (AvgIpc) is 2.54. The van der Waals surface area contributed by atoms with Crippen LogP contribution in [0.5, 0.6) is 0 Å². The molecule has 0 spiro atoms. The van der Waals surface area contributed by atoms with Gasteiger partial charge in [0, 0.05) is 23.5 Å². The minimum absolute atomic E-state index is 0.494. The van der Waals surface area contributed by atoms with Gasteiger partial charge >= 0.3 is 0 Å². The maximum Gasteiger partial charge on any atom is 0.0462 e. The van der Waals surface area contributed by atoms with Gasteiger partial charge in [-0.2, -0.15) is 0 Å². The number of para-hydroxylation sites is 2. The van der Waals surface area contributed by atoms with Crippen molar-refractivity contribution in [2.75, 3.05) is 10.6 Å². The minimum Gasteiger partial charge on any atom is -0.380 e. The van der Waals surface area contributed by atoms with Crippen LogP contribution in [0.25, 0.3) is 0 Å². The van der Waals surface area contributed by atoms with Gasteiger partial charge in [-0.05, 0) is 49.9 Å². The molecule has 2 N–H and O–H groups in total. The molecule has 3 rings (SSSR count). The highest BCUT2D eigenvalue weighted by Gasteiger charge is 2.25. The number of hydrogen-bond donors (Lipinski definition) is 2. The van der Waals surface area contributed by atoms with Gasteiger partial charge in [-0.25, -0.2) is 0 Å². The first-order valence-electron chi connectivity index (χ1n) is 8.38. The summed E-state index contributed by atoms with van der Waals surface area (Å²) in [6.07, 6.45) is 5.10. The standard InChI is InChI=1S/C20H26N2/c1-15-9-8-10-16(2)20(15)22-19-14-7-6-13-18(19)21-17-11-4-3-5-12-17/h3-5,8-12,18-19,21-22H,6-7,13-14H2,1-2H3/t18-,19-/m1/s1. The molecule has 116 valence electrons. The van der Waals surface area contributed by atoms with Crippen LogP contribution in [0.4, 0.5) is 11.4 Å². The van der Waals surface area contributed by atoms with Crippen molar-refractivity contribution in [1.82, 2.24) is 0 Å². The maximum absolute atomic E-state index is 3.83. The van der Waals surface area contributed by atoms with Crippen molar-refractivity contribution < 1.29 is 0 Å². The van der Waals surface area contributed by atoms with Gasteiger partial charge in [-0.3, -0.25) is 0 Å².